The number of rotatable bonds is 15. The van der Waals surface area contributed by atoms with Crippen LogP contribution in [0.5, 0.6) is 0 Å². The Morgan fingerprint density at radius 1 is 0.860 bits per heavy atom. The molecule has 0 bridgehead atoms. The smallest absolute Gasteiger partial charge is 0.460 e. The molecule has 0 aliphatic carbocycles. The summed E-state index contributed by atoms with van der Waals surface area (Å²) in [6.45, 7) is 1.23. The number of carbonyl (C=O) groups is 2. The molecule has 0 radical (unpaired) electrons. The molecule has 2 atom stereocenters. The van der Waals surface area contributed by atoms with Crippen molar-refractivity contribution in [3.63, 3.8) is 0 Å². The van der Waals surface area contributed by atoms with Gasteiger partial charge in [0, 0.05) is 42.4 Å². The van der Waals surface area contributed by atoms with Crippen molar-refractivity contribution >= 4 is 23.3 Å². The Morgan fingerprint density at radius 3 is 1.94 bits per heavy atom. The molecule has 50 heavy (non-hydrogen) atoms. The number of hydrogen-bond donors (Lipinski definition) is 0. The third kappa shape index (κ3) is 7.98. The van der Waals surface area contributed by atoms with Gasteiger partial charge in [0.1, 0.15) is 12.5 Å². The normalized spacial score (nSPS) is 18.2. The fourth-order valence-corrected chi connectivity index (χ4v) is 4.71. The van der Waals surface area contributed by atoms with Gasteiger partial charge in [0.05, 0.1) is 17.1 Å². The zero-order valence-electron chi connectivity index (χ0n) is 26.2. The second-order valence-corrected chi connectivity index (χ2v) is 11.3. The number of likely N-dealkylation sites (N-methyl/N-ethyl adjacent to an activating group) is 1. The van der Waals surface area contributed by atoms with Crippen LogP contribution in [0.4, 0.5) is 62.8 Å². The van der Waals surface area contributed by atoms with E-state index in [1.807, 2.05) is 0 Å². The van der Waals surface area contributed by atoms with Crippen LogP contribution in [0.15, 0.2) is 40.5 Å². The van der Waals surface area contributed by atoms with Crippen molar-refractivity contribution in [1.82, 2.24) is 4.90 Å². The molecule has 0 saturated heterocycles. The molecule has 0 fully saturated rings. The van der Waals surface area contributed by atoms with Gasteiger partial charge in [-0.15, -0.1) is 0 Å². The number of allylic oxidation sites excluding steroid dienone is 1. The quantitative estimate of drug-likeness (QED) is 0.0613. The van der Waals surface area contributed by atoms with E-state index in [9.17, 15) is 76.8 Å². The van der Waals surface area contributed by atoms with E-state index in [-0.39, 0.29) is 30.1 Å². The molecule has 1 heterocycles. The van der Waals surface area contributed by atoms with Crippen LogP contribution in [0.25, 0.3) is 0 Å². The minimum absolute atomic E-state index is 0.0427. The summed E-state index contributed by atoms with van der Waals surface area (Å²) >= 11 is 0. The molecule has 0 N–H and O–H groups in total. The second kappa shape index (κ2) is 14.7. The number of halogens is 13. The van der Waals surface area contributed by atoms with Gasteiger partial charge in [0.15, 0.2) is 0 Å². The van der Waals surface area contributed by atoms with Crippen molar-refractivity contribution in [1.29, 1.82) is 0 Å². The maximum absolute atomic E-state index is 14.2. The highest BCUT2D eigenvalue weighted by Gasteiger charge is 2.90. The summed E-state index contributed by atoms with van der Waals surface area (Å²) in [5.41, 5.74) is -1.24. The van der Waals surface area contributed by atoms with Gasteiger partial charge >= 0.3 is 47.7 Å². The lowest BCUT2D eigenvalue weighted by atomic mass is 9.75. The van der Waals surface area contributed by atoms with Crippen LogP contribution in [0.2, 0.25) is 0 Å². The van der Waals surface area contributed by atoms with Gasteiger partial charge in [0.25, 0.3) is 5.69 Å². The molecule has 2 rings (SSSR count). The summed E-state index contributed by atoms with van der Waals surface area (Å²) < 4.78 is 184. The van der Waals surface area contributed by atoms with Gasteiger partial charge < -0.3 is 14.4 Å². The third-order valence-corrected chi connectivity index (χ3v) is 7.39. The number of alkyl halides is 13. The fraction of sp³-hybridized carbons (Fsp3) is 0.607. The van der Waals surface area contributed by atoms with Gasteiger partial charge in [-0.25, -0.2) is 4.79 Å². The highest BCUT2D eigenvalue weighted by atomic mass is 19.4. The van der Waals surface area contributed by atoms with E-state index in [2.05, 4.69) is 4.99 Å². The molecule has 282 valence electrons. The van der Waals surface area contributed by atoms with E-state index in [0.717, 1.165) is 12.1 Å². The van der Waals surface area contributed by atoms with E-state index < -0.39 is 95.2 Å². The van der Waals surface area contributed by atoms with Crippen LogP contribution < -0.4 is 0 Å². The van der Waals surface area contributed by atoms with Crippen LogP contribution >= 0.6 is 0 Å². The predicted octanol–water partition coefficient (Wildman–Crippen LogP) is 7.21. The number of nitro benzene ring substituents is 1. The lowest BCUT2D eigenvalue weighted by molar-refractivity contribution is -0.440. The van der Waals surface area contributed by atoms with Gasteiger partial charge in [-0.1, -0.05) is 12.1 Å². The molecular formula is C28H28F13N3O6. The highest BCUT2D eigenvalue weighted by Crippen LogP contribution is 2.60. The molecular weight excluding hydrogens is 721 g/mol. The van der Waals surface area contributed by atoms with Gasteiger partial charge in [-0.2, -0.15) is 57.1 Å². The molecule has 1 aromatic carbocycles. The van der Waals surface area contributed by atoms with Crippen LogP contribution in [0, 0.1) is 16.0 Å². The molecule has 1 aliphatic heterocycles. The summed E-state index contributed by atoms with van der Waals surface area (Å²) in [5, 5.41) is 11.4. The number of nitro groups is 1. The Labute approximate surface area is 274 Å². The fourth-order valence-electron chi connectivity index (χ4n) is 4.71. The zero-order valence-corrected chi connectivity index (χ0v) is 26.2. The van der Waals surface area contributed by atoms with Gasteiger partial charge in [-0.05, 0) is 39.9 Å². The van der Waals surface area contributed by atoms with E-state index in [1.54, 1.807) is 19.0 Å². The van der Waals surface area contributed by atoms with E-state index in [0.29, 0.717) is 0 Å². The standard InChI is InChI=1S/C28H28F13N3O6/c1-14-18(20(16-7-5-8-17(13-16)44(47)48)19(15(2)42-14)22(46)50-12-10-43(3)4)21(45)49-11-6-9-23(29,30)24(31,32)25(33,34)26(35,36)27(37,38)28(39,40)41/h5,7-8,13,19-20H,6,9-12H2,1-4H3. The first-order valence-corrected chi connectivity index (χ1v) is 14.0. The largest absolute Gasteiger partial charge is 0.464 e. The predicted molar refractivity (Wildman–Crippen MR) is 146 cm³/mol. The number of aliphatic imine (C=N–C) groups is 1. The molecule has 0 spiro atoms. The Balaban J connectivity index is 2.38. The molecule has 0 amide bonds. The van der Waals surface area contributed by atoms with Crippen molar-refractivity contribution in [3.8, 4) is 0 Å². The summed E-state index contributed by atoms with van der Waals surface area (Å²) in [5.74, 6) is -43.1. The Bertz CT molecular complexity index is 1510. The number of non-ortho nitro benzene ring substituents is 1. The molecule has 1 aliphatic rings. The Morgan fingerprint density at radius 2 is 1.42 bits per heavy atom. The highest BCUT2D eigenvalue weighted by molar-refractivity contribution is 6.07. The third-order valence-electron chi connectivity index (χ3n) is 7.39. The lowest BCUT2D eigenvalue weighted by Gasteiger charge is -2.39. The molecule has 22 heteroatoms. The van der Waals surface area contributed by atoms with Crippen molar-refractivity contribution in [2.24, 2.45) is 10.9 Å². The first-order valence-electron chi connectivity index (χ1n) is 14.0. The van der Waals surface area contributed by atoms with Crippen LogP contribution in [0.3, 0.4) is 0 Å². The Hall–Kier alpha value is -3.98. The SMILES string of the molecule is CC1=NC(C)=C(C(=O)OCCCC(F)(F)C(F)(F)C(F)(F)C(F)(F)C(F)(F)C(F)(F)F)C(c2cccc([N+](=O)[O-])c2)C1C(=O)OCCN(C)C. The first-order chi connectivity index (χ1) is 22.6. The topological polar surface area (TPSA) is 111 Å². The second-order valence-electron chi connectivity index (χ2n) is 11.3. The first kappa shape index (κ1) is 42.2. The monoisotopic (exact) mass is 749 g/mol. The molecule has 0 aromatic heterocycles. The number of hydrogen-bond acceptors (Lipinski definition) is 8. The Kier molecular flexibility index (Phi) is 12.4. The minimum Gasteiger partial charge on any atom is -0.464 e. The number of esters is 2. The van der Waals surface area contributed by atoms with Crippen LogP contribution in [0.1, 0.15) is 38.2 Å². The zero-order chi connectivity index (χ0) is 38.8. The van der Waals surface area contributed by atoms with Gasteiger partial charge in [-0.3, -0.25) is 19.9 Å². The van der Waals surface area contributed by atoms with Crippen LogP contribution in [-0.2, 0) is 19.1 Å². The maximum Gasteiger partial charge on any atom is 0.460 e. The number of ether oxygens (including phenoxy) is 2. The van der Waals surface area contributed by atoms with E-state index >= 15 is 0 Å². The summed E-state index contributed by atoms with van der Waals surface area (Å²) in [4.78, 5) is 42.8. The van der Waals surface area contributed by atoms with E-state index in [4.69, 9.17) is 9.47 Å². The van der Waals surface area contributed by atoms with Crippen LogP contribution in [-0.4, -0.2) is 97.1 Å². The maximum atomic E-state index is 14.2. The summed E-state index contributed by atoms with van der Waals surface area (Å²) in [6.07, 6.45) is -11.7. The number of carbonyl (C=O) groups excluding carboxylic acids is 2. The average Bonchev–Trinajstić information content (AvgIpc) is 2.97. The average molecular weight is 750 g/mol. The summed E-state index contributed by atoms with van der Waals surface area (Å²) in [7, 11) is 3.30. The minimum atomic E-state index is -8.05. The van der Waals surface area contributed by atoms with Crippen molar-refractivity contribution < 1.29 is 81.1 Å². The van der Waals surface area contributed by atoms with Crippen molar-refractivity contribution in [2.45, 2.75) is 68.4 Å². The summed E-state index contributed by atoms with van der Waals surface area (Å²) in [6, 6.07) is 4.49. The van der Waals surface area contributed by atoms with Crippen molar-refractivity contribution in [2.75, 3.05) is 33.9 Å². The molecule has 9 nitrogen and oxygen atoms in total. The van der Waals surface area contributed by atoms with E-state index in [1.165, 1.54) is 26.0 Å². The lowest BCUT2D eigenvalue weighted by Crippen LogP contribution is -2.70. The number of nitrogens with zero attached hydrogens (tertiary/aromatic N) is 3. The molecule has 2 unspecified atom stereocenters. The molecule has 1 aromatic rings. The van der Waals surface area contributed by atoms with Crippen molar-refractivity contribution in [3.05, 3.63) is 51.2 Å². The van der Waals surface area contributed by atoms with Gasteiger partial charge in [0.2, 0.25) is 0 Å². The number of benzene rings is 1. The molecule has 0 saturated carbocycles.